The van der Waals surface area contributed by atoms with Crippen molar-refractivity contribution in [3.05, 3.63) is 34.1 Å². The van der Waals surface area contributed by atoms with Gasteiger partial charge in [-0.05, 0) is 12.5 Å². The number of nitrogens with one attached hydrogen (secondary N) is 1. The van der Waals surface area contributed by atoms with Gasteiger partial charge in [0.1, 0.15) is 9.71 Å². The van der Waals surface area contributed by atoms with Crippen LogP contribution in [0.3, 0.4) is 0 Å². The largest absolute Gasteiger partial charge is 0.419 e. The minimum atomic E-state index is -4.49. The third kappa shape index (κ3) is 3.50. The van der Waals surface area contributed by atoms with Gasteiger partial charge in [0.2, 0.25) is 5.95 Å². The highest BCUT2D eigenvalue weighted by Gasteiger charge is 2.34. The Morgan fingerprint density at radius 2 is 2.00 bits per heavy atom. The molecule has 3 aromatic rings. The van der Waals surface area contributed by atoms with Crippen molar-refractivity contribution in [2.75, 3.05) is 23.7 Å². The van der Waals surface area contributed by atoms with E-state index in [4.69, 9.17) is 5.73 Å². The molecule has 1 amide bonds. The fraction of sp³-hybridized carbons (Fsp3) is 0.353. The zero-order valence-corrected chi connectivity index (χ0v) is 16.4. The van der Waals surface area contributed by atoms with Crippen LogP contribution in [0.5, 0.6) is 0 Å². The van der Waals surface area contributed by atoms with E-state index in [0.29, 0.717) is 39.4 Å². The first kappa shape index (κ1) is 20.2. The Morgan fingerprint density at radius 1 is 1.33 bits per heavy atom. The molecule has 4 rings (SSSR count). The molecule has 0 atom stereocenters. The number of hydrogen-bond acceptors (Lipinski definition) is 9. The van der Waals surface area contributed by atoms with Crippen LogP contribution in [0, 0.1) is 6.92 Å². The van der Waals surface area contributed by atoms with Crippen LogP contribution in [0.4, 0.5) is 24.8 Å². The van der Waals surface area contributed by atoms with Crippen LogP contribution in [0.1, 0.15) is 26.5 Å². The Bertz CT molecular complexity index is 1110. The van der Waals surface area contributed by atoms with Crippen molar-refractivity contribution in [1.82, 2.24) is 25.5 Å². The molecule has 0 bridgehead atoms. The summed E-state index contributed by atoms with van der Waals surface area (Å²) in [7, 11) is 0. The van der Waals surface area contributed by atoms with Crippen LogP contribution in [0.2, 0.25) is 0 Å². The number of aromatic nitrogens is 4. The van der Waals surface area contributed by atoms with Gasteiger partial charge in [0.15, 0.2) is 0 Å². The summed E-state index contributed by atoms with van der Waals surface area (Å²) in [6.07, 6.45) is -3.03. The number of rotatable bonds is 4. The number of nitrogens with zero attached hydrogens (tertiary/aromatic N) is 5. The molecule has 0 unspecified atom stereocenters. The van der Waals surface area contributed by atoms with Crippen molar-refractivity contribution < 1.29 is 23.1 Å². The fourth-order valence-corrected chi connectivity index (χ4v) is 4.13. The summed E-state index contributed by atoms with van der Waals surface area (Å²) in [6, 6.07) is -0.229. The maximum atomic E-state index is 12.6. The molecule has 4 heterocycles. The summed E-state index contributed by atoms with van der Waals surface area (Å²) in [4.78, 5) is 22.6. The number of carbonyl (C=O) groups is 1. The van der Waals surface area contributed by atoms with Crippen LogP contribution in [-0.4, -0.2) is 50.3 Å². The average molecular weight is 439 g/mol. The number of aliphatic hydroxyl groups is 1. The Hall–Kier alpha value is -3.06. The van der Waals surface area contributed by atoms with Gasteiger partial charge in [-0.3, -0.25) is 4.79 Å². The van der Waals surface area contributed by atoms with E-state index in [-0.39, 0.29) is 30.2 Å². The zero-order chi connectivity index (χ0) is 21.6. The quantitative estimate of drug-likeness (QED) is 0.558. The Kier molecular flexibility index (Phi) is 4.94. The first-order valence-corrected chi connectivity index (χ1v) is 9.60. The molecule has 1 aliphatic rings. The molecule has 1 aliphatic heterocycles. The summed E-state index contributed by atoms with van der Waals surface area (Å²) in [6.45, 7) is 2.18. The first-order chi connectivity index (χ1) is 14.2. The third-order valence-corrected chi connectivity index (χ3v) is 5.91. The van der Waals surface area contributed by atoms with Gasteiger partial charge in [0.05, 0.1) is 29.6 Å². The number of hydrogen-bond donors (Lipinski definition) is 3. The van der Waals surface area contributed by atoms with Gasteiger partial charge < -0.3 is 21.1 Å². The molecule has 4 N–H and O–H groups in total. The third-order valence-electron chi connectivity index (χ3n) is 4.82. The number of alkyl halides is 3. The Labute approximate surface area is 171 Å². The second-order valence-electron chi connectivity index (χ2n) is 6.80. The van der Waals surface area contributed by atoms with Gasteiger partial charge in [0.25, 0.3) is 5.91 Å². The monoisotopic (exact) mass is 439 g/mol. The number of carbonyl (C=O) groups excluding carboxylic acids is 1. The molecule has 1 fully saturated rings. The maximum absolute atomic E-state index is 12.6. The van der Waals surface area contributed by atoms with Crippen molar-refractivity contribution in [3.8, 4) is 0 Å². The summed E-state index contributed by atoms with van der Waals surface area (Å²) in [5.41, 5.74) is 6.57. The predicted molar refractivity (Wildman–Crippen MR) is 103 cm³/mol. The Morgan fingerprint density at radius 3 is 2.60 bits per heavy atom. The molecule has 158 valence electrons. The van der Waals surface area contributed by atoms with Crippen molar-refractivity contribution in [2.45, 2.75) is 25.7 Å². The number of nitrogens with two attached hydrogens (primary N) is 1. The predicted octanol–water partition coefficient (Wildman–Crippen LogP) is 1.50. The van der Waals surface area contributed by atoms with E-state index < -0.39 is 11.7 Å². The number of amides is 1. The molecule has 1 saturated heterocycles. The molecular weight excluding hydrogens is 423 g/mol. The lowest BCUT2D eigenvalue weighted by Gasteiger charge is -2.39. The van der Waals surface area contributed by atoms with Crippen molar-refractivity contribution in [2.24, 2.45) is 0 Å². The highest BCUT2D eigenvalue weighted by molar-refractivity contribution is 7.21. The molecule has 13 heteroatoms. The molecule has 9 nitrogen and oxygen atoms in total. The average Bonchev–Trinajstić information content (AvgIpc) is 3.01. The smallest absolute Gasteiger partial charge is 0.397 e. The number of halogens is 3. The molecule has 30 heavy (non-hydrogen) atoms. The second-order valence-corrected chi connectivity index (χ2v) is 7.80. The van der Waals surface area contributed by atoms with Crippen LogP contribution >= 0.6 is 11.3 Å². The molecule has 0 saturated carbocycles. The van der Waals surface area contributed by atoms with Gasteiger partial charge in [-0.2, -0.15) is 18.3 Å². The number of aryl methyl sites for hydroxylation is 1. The van der Waals surface area contributed by atoms with Crippen molar-refractivity contribution >= 4 is 39.1 Å². The summed E-state index contributed by atoms with van der Waals surface area (Å²) in [5, 5.41) is 20.7. The minimum absolute atomic E-state index is 0.164. The summed E-state index contributed by atoms with van der Waals surface area (Å²) >= 11 is 1.11. The number of aliphatic hydroxyl groups excluding tert-OH is 1. The highest BCUT2D eigenvalue weighted by atomic mass is 32.1. The molecule has 0 spiro atoms. The summed E-state index contributed by atoms with van der Waals surface area (Å²) < 4.78 is 37.8. The van der Waals surface area contributed by atoms with Crippen LogP contribution in [0.15, 0.2) is 12.4 Å². The van der Waals surface area contributed by atoms with Gasteiger partial charge in [-0.15, -0.1) is 16.4 Å². The van der Waals surface area contributed by atoms with Crippen molar-refractivity contribution in [3.63, 3.8) is 0 Å². The van der Waals surface area contributed by atoms with Crippen LogP contribution in [0.25, 0.3) is 10.2 Å². The first-order valence-electron chi connectivity index (χ1n) is 8.79. The SMILES string of the molecule is Cc1c(CO)nnc2sc(C(=O)NC3CN(c4ncc(C(F)(F)F)cn4)C3)c(N)c12. The topological polar surface area (TPSA) is 130 Å². The number of nitrogen functional groups attached to an aromatic ring is 1. The second kappa shape index (κ2) is 7.32. The number of thiophene rings is 1. The molecule has 3 aromatic heterocycles. The number of anilines is 2. The lowest BCUT2D eigenvalue weighted by molar-refractivity contribution is -0.138. The molecule has 0 aliphatic carbocycles. The standard InChI is InChI=1S/C17H16F3N7O2S/c1-7-10(6-28)25-26-15-11(7)12(21)13(30-15)14(29)24-9-4-27(5-9)16-22-2-8(3-23-16)17(18,19)20/h2-3,9,28H,4-6,21H2,1H3,(H,24,29). The molecular formula is C17H16F3N7O2S. The van der Waals surface area contributed by atoms with Crippen molar-refractivity contribution in [1.29, 1.82) is 0 Å². The zero-order valence-electron chi connectivity index (χ0n) is 15.6. The normalized spacial score (nSPS) is 14.8. The van der Waals surface area contributed by atoms with E-state index >= 15 is 0 Å². The van der Waals surface area contributed by atoms with E-state index in [1.807, 2.05) is 0 Å². The highest BCUT2D eigenvalue weighted by Crippen LogP contribution is 2.35. The van der Waals surface area contributed by atoms with E-state index in [0.717, 1.165) is 23.7 Å². The lowest BCUT2D eigenvalue weighted by atomic mass is 10.1. The number of fused-ring (bicyclic) bond motifs is 1. The van der Waals surface area contributed by atoms with E-state index in [9.17, 15) is 23.1 Å². The Balaban J connectivity index is 1.43. The van der Waals surface area contributed by atoms with Gasteiger partial charge in [-0.25, -0.2) is 9.97 Å². The van der Waals surface area contributed by atoms with E-state index in [2.05, 4.69) is 25.5 Å². The minimum Gasteiger partial charge on any atom is -0.397 e. The summed E-state index contributed by atoms with van der Waals surface area (Å²) in [5.74, 6) is -0.212. The fourth-order valence-electron chi connectivity index (χ4n) is 3.12. The maximum Gasteiger partial charge on any atom is 0.419 e. The van der Waals surface area contributed by atoms with Gasteiger partial charge >= 0.3 is 6.18 Å². The van der Waals surface area contributed by atoms with E-state index in [1.165, 1.54) is 0 Å². The van der Waals surface area contributed by atoms with E-state index in [1.54, 1.807) is 11.8 Å². The molecule has 0 aromatic carbocycles. The van der Waals surface area contributed by atoms with Crippen LogP contribution in [-0.2, 0) is 12.8 Å². The molecule has 0 radical (unpaired) electrons. The van der Waals surface area contributed by atoms with Crippen LogP contribution < -0.4 is 16.0 Å². The van der Waals surface area contributed by atoms with Gasteiger partial charge in [-0.1, -0.05) is 0 Å². The lowest BCUT2D eigenvalue weighted by Crippen LogP contribution is -2.59. The van der Waals surface area contributed by atoms with Gasteiger partial charge in [0, 0.05) is 30.9 Å².